The van der Waals surface area contributed by atoms with E-state index in [-0.39, 0.29) is 29.7 Å². The highest BCUT2D eigenvalue weighted by Crippen LogP contribution is 2.47. The van der Waals surface area contributed by atoms with Crippen molar-refractivity contribution in [2.24, 2.45) is 5.92 Å². The molecular formula is C22H27N2O7P. The molecule has 2 unspecified atom stereocenters. The van der Waals surface area contributed by atoms with Crippen LogP contribution in [0.5, 0.6) is 11.5 Å². The Morgan fingerprint density at radius 1 is 1.06 bits per heavy atom. The summed E-state index contributed by atoms with van der Waals surface area (Å²) in [5, 5.41) is 13.7. The molecule has 0 spiro atoms. The highest BCUT2D eigenvalue weighted by atomic mass is 31.2. The first-order chi connectivity index (χ1) is 15.4. The summed E-state index contributed by atoms with van der Waals surface area (Å²) in [7, 11) is -4.12. The maximum absolute atomic E-state index is 13.8. The van der Waals surface area contributed by atoms with Gasteiger partial charge in [0.05, 0.1) is 11.5 Å². The van der Waals surface area contributed by atoms with Crippen molar-refractivity contribution in [3.8, 4) is 11.5 Å². The lowest BCUT2D eigenvalue weighted by atomic mass is 9.84. The number of benzene rings is 2. The zero-order valence-corrected chi connectivity index (χ0v) is 18.7. The largest absolute Gasteiger partial charge is 0.513 e. The quantitative estimate of drug-likeness (QED) is 0.220. The van der Waals surface area contributed by atoms with Crippen LogP contribution in [0.2, 0.25) is 0 Å². The normalized spacial score (nSPS) is 17.0. The van der Waals surface area contributed by atoms with Gasteiger partial charge in [-0.1, -0.05) is 37.5 Å². The lowest BCUT2D eigenvalue weighted by Crippen LogP contribution is -2.44. The number of esters is 1. The number of nitrogens with zero attached hydrogens (tertiary/aromatic N) is 1. The Morgan fingerprint density at radius 2 is 1.66 bits per heavy atom. The molecule has 32 heavy (non-hydrogen) atoms. The molecule has 2 atom stereocenters. The standard InChI is InChI=1S/C22H27N2O7P/c1-2-29-22(25)21(17-9-5-3-6-10-17)23-32(28,30-19-11-7-4-8-12-19)31-20-15-13-18(14-16-20)24(26)27/h4,7-8,11-17,21H,2-3,5-6,9-10H2,1H3,(H,23,28). The molecule has 3 rings (SSSR count). The van der Waals surface area contributed by atoms with Crippen molar-refractivity contribution in [2.75, 3.05) is 6.61 Å². The molecule has 0 aliphatic heterocycles. The van der Waals surface area contributed by atoms with Crippen molar-refractivity contribution >= 4 is 19.4 Å². The van der Waals surface area contributed by atoms with Gasteiger partial charge in [-0.2, -0.15) is 5.09 Å². The first-order valence-corrected chi connectivity index (χ1v) is 12.2. The summed E-state index contributed by atoms with van der Waals surface area (Å²) in [6, 6.07) is 12.7. The predicted octanol–water partition coefficient (Wildman–Crippen LogP) is 5.26. The molecule has 2 aromatic rings. The van der Waals surface area contributed by atoms with Crippen LogP contribution < -0.4 is 14.1 Å². The summed E-state index contributed by atoms with van der Waals surface area (Å²) in [6.07, 6.45) is 4.60. The summed E-state index contributed by atoms with van der Waals surface area (Å²) >= 11 is 0. The summed E-state index contributed by atoms with van der Waals surface area (Å²) < 4.78 is 30.5. The number of rotatable bonds is 10. The van der Waals surface area contributed by atoms with Crippen LogP contribution >= 0.6 is 7.75 Å². The van der Waals surface area contributed by atoms with E-state index in [1.807, 2.05) is 0 Å². The van der Waals surface area contributed by atoms with Gasteiger partial charge in [-0.15, -0.1) is 0 Å². The SMILES string of the molecule is CCOC(=O)C(NP(=O)(Oc1ccccc1)Oc1ccc([N+](=O)[O-])cc1)C1CCCCC1. The Balaban J connectivity index is 1.89. The van der Waals surface area contributed by atoms with Crippen LogP contribution in [-0.4, -0.2) is 23.5 Å². The van der Waals surface area contributed by atoms with Crippen molar-refractivity contribution in [1.82, 2.24) is 5.09 Å². The molecule has 1 fully saturated rings. The van der Waals surface area contributed by atoms with Crippen LogP contribution in [0.15, 0.2) is 54.6 Å². The summed E-state index contributed by atoms with van der Waals surface area (Å²) in [5.41, 5.74) is -0.129. The summed E-state index contributed by atoms with van der Waals surface area (Å²) in [4.78, 5) is 23.1. The number of carbonyl (C=O) groups is 1. The molecule has 0 saturated heterocycles. The van der Waals surface area contributed by atoms with E-state index in [1.54, 1.807) is 37.3 Å². The smallest absolute Gasteiger partial charge is 0.465 e. The van der Waals surface area contributed by atoms with Gasteiger partial charge >= 0.3 is 13.7 Å². The number of hydrogen-bond donors (Lipinski definition) is 1. The maximum Gasteiger partial charge on any atom is 0.513 e. The molecule has 1 saturated carbocycles. The molecule has 0 heterocycles. The van der Waals surface area contributed by atoms with Gasteiger partial charge in [-0.25, -0.2) is 4.57 Å². The van der Waals surface area contributed by atoms with Crippen LogP contribution in [0.25, 0.3) is 0 Å². The first-order valence-electron chi connectivity index (χ1n) is 10.6. The third-order valence-electron chi connectivity index (χ3n) is 5.20. The van der Waals surface area contributed by atoms with Gasteiger partial charge in [0.1, 0.15) is 17.5 Å². The van der Waals surface area contributed by atoms with Gasteiger partial charge in [0.15, 0.2) is 0 Å². The van der Waals surface area contributed by atoms with E-state index in [0.717, 1.165) is 32.1 Å². The second kappa shape index (κ2) is 11.1. The molecule has 0 radical (unpaired) electrons. The van der Waals surface area contributed by atoms with E-state index in [9.17, 15) is 19.5 Å². The number of para-hydroxylation sites is 1. The van der Waals surface area contributed by atoms with Gasteiger partial charge < -0.3 is 13.8 Å². The molecule has 1 N–H and O–H groups in total. The Morgan fingerprint density at radius 3 is 2.22 bits per heavy atom. The van der Waals surface area contributed by atoms with E-state index in [0.29, 0.717) is 0 Å². The Hall–Kier alpha value is -2.90. The minimum Gasteiger partial charge on any atom is -0.465 e. The van der Waals surface area contributed by atoms with Gasteiger partial charge in [-0.05, 0) is 49.9 Å². The third-order valence-corrected chi connectivity index (χ3v) is 6.70. The van der Waals surface area contributed by atoms with E-state index in [1.165, 1.54) is 24.3 Å². The summed E-state index contributed by atoms with van der Waals surface area (Å²) in [6.45, 7) is 1.90. The topological polar surface area (TPSA) is 117 Å². The van der Waals surface area contributed by atoms with Crippen LogP contribution in [0, 0.1) is 16.0 Å². The number of carbonyl (C=O) groups excluding carboxylic acids is 1. The van der Waals surface area contributed by atoms with Crippen molar-refractivity contribution in [1.29, 1.82) is 0 Å². The molecule has 0 aromatic heterocycles. The van der Waals surface area contributed by atoms with E-state index >= 15 is 0 Å². The Kier molecular flexibility index (Phi) is 8.25. The first kappa shape index (κ1) is 23.8. The van der Waals surface area contributed by atoms with E-state index in [2.05, 4.69) is 5.09 Å². The number of nitro groups is 1. The lowest BCUT2D eigenvalue weighted by Gasteiger charge is -2.31. The molecule has 0 amide bonds. The lowest BCUT2D eigenvalue weighted by molar-refractivity contribution is -0.384. The van der Waals surface area contributed by atoms with Crippen molar-refractivity contribution in [2.45, 2.75) is 45.1 Å². The second-order valence-electron chi connectivity index (χ2n) is 7.50. The highest BCUT2D eigenvalue weighted by Gasteiger charge is 2.40. The zero-order chi connectivity index (χ0) is 23.0. The minimum atomic E-state index is -4.12. The van der Waals surface area contributed by atoms with Crippen molar-refractivity contribution in [3.05, 3.63) is 64.7 Å². The van der Waals surface area contributed by atoms with Crippen LogP contribution in [-0.2, 0) is 14.1 Å². The fourth-order valence-corrected chi connectivity index (χ4v) is 5.28. The van der Waals surface area contributed by atoms with Gasteiger partial charge in [0.25, 0.3) is 5.69 Å². The number of ether oxygens (including phenoxy) is 1. The third kappa shape index (κ3) is 6.55. The molecule has 172 valence electrons. The highest BCUT2D eigenvalue weighted by molar-refractivity contribution is 7.52. The van der Waals surface area contributed by atoms with Gasteiger partial charge in [-0.3, -0.25) is 14.9 Å². The minimum absolute atomic E-state index is 0.0732. The Labute approximate surface area is 186 Å². The van der Waals surface area contributed by atoms with E-state index in [4.69, 9.17) is 13.8 Å². The second-order valence-corrected chi connectivity index (χ2v) is 9.12. The number of non-ortho nitro benzene ring substituents is 1. The fraction of sp³-hybridized carbons (Fsp3) is 0.409. The molecular weight excluding hydrogens is 435 g/mol. The average Bonchev–Trinajstić information content (AvgIpc) is 2.79. The molecule has 2 aromatic carbocycles. The molecule has 0 bridgehead atoms. The molecule has 1 aliphatic rings. The van der Waals surface area contributed by atoms with Crippen molar-refractivity contribution < 1.29 is 28.1 Å². The predicted molar refractivity (Wildman–Crippen MR) is 119 cm³/mol. The fourth-order valence-electron chi connectivity index (χ4n) is 3.68. The maximum atomic E-state index is 13.8. The van der Waals surface area contributed by atoms with Crippen LogP contribution in [0.4, 0.5) is 5.69 Å². The monoisotopic (exact) mass is 462 g/mol. The molecule has 10 heteroatoms. The zero-order valence-electron chi connectivity index (χ0n) is 17.8. The van der Waals surface area contributed by atoms with Crippen LogP contribution in [0.3, 0.4) is 0 Å². The van der Waals surface area contributed by atoms with E-state index < -0.39 is 24.7 Å². The van der Waals surface area contributed by atoms with Crippen molar-refractivity contribution in [3.63, 3.8) is 0 Å². The number of nitrogens with one attached hydrogen (secondary N) is 1. The number of hydrogen-bond acceptors (Lipinski definition) is 7. The van der Waals surface area contributed by atoms with Gasteiger partial charge in [0, 0.05) is 12.1 Å². The average molecular weight is 462 g/mol. The summed E-state index contributed by atoms with van der Waals surface area (Å²) in [5.74, 6) is -0.190. The molecule has 1 aliphatic carbocycles. The Bertz CT molecular complexity index is 947. The van der Waals surface area contributed by atoms with Gasteiger partial charge in [0.2, 0.25) is 0 Å². The number of nitro benzene ring substituents is 1. The molecule has 9 nitrogen and oxygen atoms in total. The van der Waals surface area contributed by atoms with Crippen LogP contribution in [0.1, 0.15) is 39.0 Å².